The molecule has 0 spiro atoms. The van der Waals surface area contributed by atoms with E-state index in [1.165, 1.54) is 25.7 Å². The average Bonchev–Trinajstić information content (AvgIpc) is 3.06. The molecule has 0 N–H and O–H groups in total. The van der Waals surface area contributed by atoms with E-state index in [1.807, 2.05) is 23.1 Å². The summed E-state index contributed by atoms with van der Waals surface area (Å²) in [6, 6.07) is 7.76. The van der Waals surface area contributed by atoms with Crippen molar-refractivity contribution in [3.05, 3.63) is 35.2 Å². The molecule has 0 saturated heterocycles. The number of fused-ring (bicyclic) bond motifs is 2. The van der Waals surface area contributed by atoms with Crippen LogP contribution in [-0.4, -0.2) is 27.0 Å². The molecule has 3 saturated carbocycles. The molecule has 1 amide bonds. The van der Waals surface area contributed by atoms with Crippen molar-refractivity contribution in [3.8, 4) is 11.5 Å². The standard InChI is InChI=1S/C21H24ClN3O2/c22-18-4-2-1-3-17(18)21-24-23-19(27-21)12-25(16-7-8-16)20(26)11-15-10-13-5-6-14(15)9-13/h1-4,13-16H,5-12H2/t13-,14+,15+/m1/s1. The Morgan fingerprint density at radius 3 is 2.70 bits per heavy atom. The topological polar surface area (TPSA) is 59.2 Å². The highest BCUT2D eigenvalue weighted by Crippen LogP contribution is 2.50. The molecule has 3 aliphatic rings. The molecule has 3 atom stereocenters. The number of hydrogen-bond donors (Lipinski definition) is 0. The zero-order valence-corrected chi connectivity index (χ0v) is 16.1. The van der Waals surface area contributed by atoms with Crippen LogP contribution in [0.1, 0.15) is 50.8 Å². The maximum Gasteiger partial charge on any atom is 0.249 e. The van der Waals surface area contributed by atoms with E-state index in [4.69, 9.17) is 16.0 Å². The molecular weight excluding hydrogens is 362 g/mol. The Hall–Kier alpha value is -1.88. The number of benzene rings is 1. The van der Waals surface area contributed by atoms with Gasteiger partial charge in [-0.3, -0.25) is 4.79 Å². The Morgan fingerprint density at radius 1 is 1.15 bits per heavy atom. The molecule has 3 aliphatic carbocycles. The summed E-state index contributed by atoms with van der Waals surface area (Å²) in [4.78, 5) is 15.0. The lowest BCUT2D eigenvalue weighted by Gasteiger charge is -2.26. The van der Waals surface area contributed by atoms with Crippen molar-refractivity contribution in [1.82, 2.24) is 15.1 Å². The van der Waals surface area contributed by atoms with Crippen LogP contribution in [0.25, 0.3) is 11.5 Å². The number of amides is 1. The van der Waals surface area contributed by atoms with Crippen LogP contribution < -0.4 is 0 Å². The number of nitrogens with zero attached hydrogens (tertiary/aromatic N) is 3. The third-order valence-electron chi connectivity index (χ3n) is 6.51. The van der Waals surface area contributed by atoms with E-state index >= 15 is 0 Å². The minimum absolute atomic E-state index is 0.257. The Labute approximate surface area is 164 Å². The maximum atomic E-state index is 13.0. The minimum Gasteiger partial charge on any atom is -0.419 e. The van der Waals surface area contributed by atoms with Crippen molar-refractivity contribution in [2.45, 2.75) is 57.5 Å². The van der Waals surface area contributed by atoms with Gasteiger partial charge in [-0.05, 0) is 62.0 Å². The maximum absolute atomic E-state index is 13.0. The van der Waals surface area contributed by atoms with E-state index in [0.717, 1.165) is 30.2 Å². The van der Waals surface area contributed by atoms with Crippen LogP contribution in [-0.2, 0) is 11.3 Å². The van der Waals surface area contributed by atoms with E-state index < -0.39 is 0 Å². The molecule has 142 valence electrons. The fraction of sp³-hybridized carbons (Fsp3) is 0.571. The first kappa shape index (κ1) is 17.2. The number of aromatic nitrogens is 2. The molecule has 0 radical (unpaired) electrons. The third-order valence-corrected chi connectivity index (χ3v) is 6.84. The van der Waals surface area contributed by atoms with Crippen molar-refractivity contribution < 1.29 is 9.21 Å². The molecule has 27 heavy (non-hydrogen) atoms. The van der Waals surface area contributed by atoms with Crippen molar-refractivity contribution in [2.75, 3.05) is 0 Å². The fourth-order valence-electron chi connectivity index (χ4n) is 4.98. The van der Waals surface area contributed by atoms with Gasteiger partial charge in [0, 0.05) is 12.5 Å². The van der Waals surface area contributed by atoms with Crippen LogP contribution in [0.2, 0.25) is 5.02 Å². The van der Waals surface area contributed by atoms with Gasteiger partial charge in [-0.25, -0.2) is 0 Å². The lowest BCUT2D eigenvalue weighted by Crippen LogP contribution is -2.34. The van der Waals surface area contributed by atoms with Crippen molar-refractivity contribution in [3.63, 3.8) is 0 Å². The smallest absolute Gasteiger partial charge is 0.249 e. The van der Waals surface area contributed by atoms with E-state index in [1.54, 1.807) is 6.07 Å². The normalized spacial score (nSPS) is 26.5. The molecule has 2 bridgehead atoms. The van der Waals surface area contributed by atoms with Gasteiger partial charge in [0.25, 0.3) is 0 Å². The van der Waals surface area contributed by atoms with Gasteiger partial charge in [0.2, 0.25) is 17.7 Å². The fourth-order valence-corrected chi connectivity index (χ4v) is 5.20. The molecule has 6 heteroatoms. The predicted molar refractivity (Wildman–Crippen MR) is 102 cm³/mol. The van der Waals surface area contributed by atoms with Gasteiger partial charge in [-0.15, -0.1) is 10.2 Å². The molecule has 0 aliphatic heterocycles. The summed E-state index contributed by atoms with van der Waals surface area (Å²) in [6.07, 6.45) is 8.11. The number of hydrogen-bond acceptors (Lipinski definition) is 4. The molecule has 5 rings (SSSR count). The van der Waals surface area contributed by atoms with Gasteiger partial charge in [0.1, 0.15) is 0 Å². The van der Waals surface area contributed by atoms with Crippen LogP contribution in [0.5, 0.6) is 0 Å². The van der Waals surface area contributed by atoms with Crippen molar-refractivity contribution in [1.29, 1.82) is 0 Å². The zero-order valence-electron chi connectivity index (χ0n) is 15.3. The summed E-state index contributed by atoms with van der Waals surface area (Å²) >= 11 is 6.22. The quantitative estimate of drug-likeness (QED) is 0.722. The predicted octanol–water partition coefficient (Wildman–Crippen LogP) is 4.71. The van der Waals surface area contributed by atoms with Gasteiger partial charge in [-0.1, -0.05) is 30.2 Å². The van der Waals surface area contributed by atoms with E-state index in [0.29, 0.717) is 41.7 Å². The number of carbonyl (C=O) groups excluding carboxylic acids is 1. The Kier molecular flexibility index (Phi) is 4.43. The van der Waals surface area contributed by atoms with E-state index in [2.05, 4.69) is 10.2 Å². The summed E-state index contributed by atoms with van der Waals surface area (Å²) in [7, 11) is 0. The van der Waals surface area contributed by atoms with Crippen LogP contribution in [0, 0.1) is 17.8 Å². The second kappa shape index (κ2) is 6.93. The molecule has 1 heterocycles. The summed E-state index contributed by atoms with van der Waals surface area (Å²) in [6.45, 7) is 0.405. The van der Waals surface area contributed by atoms with E-state index in [-0.39, 0.29) is 5.91 Å². The Morgan fingerprint density at radius 2 is 2.00 bits per heavy atom. The molecule has 3 fully saturated rings. The highest BCUT2D eigenvalue weighted by molar-refractivity contribution is 6.33. The second-order valence-electron chi connectivity index (χ2n) is 8.37. The molecule has 5 nitrogen and oxygen atoms in total. The highest BCUT2D eigenvalue weighted by Gasteiger charge is 2.42. The monoisotopic (exact) mass is 385 g/mol. The largest absolute Gasteiger partial charge is 0.419 e. The van der Waals surface area contributed by atoms with Crippen molar-refractivity contribution in [2.24, 2.45) is 17.8 Å². The third kappa shape index (κ3) is 3.49. The number of rotatable bonds is 6. The number of halogens is 1. The second-order valence-corrected chi connectivity index (χ2v) is 8.78. The molecule has 1 aromatic carbocycles. The summed E-state index contributed by atoms with van der Waals surface area (Å²) in [5.41, 5.74) is 0.726. The molecule has 0 unspecified atom stereocenters. The molecular formula is C21H24ClN3O2. The SMILES string of the molecule is O=C(C[C@@H]1C[C@@H]2CC[C@H]1C2)N(Cc1nnc(-c2ccccc2Cl)o1)C1CC1. The molecule has 2 aromatic rings. The summed E-state index contributed by atoms with van der Waals surface area (Å²) in [5, 5.41) is 8.88. The first-order valence-corrected chi connectivity index (χ1v) is 10.4. The average molecular weight is 386 g/mol. The minimum atomic E-state index is 0.257. The first-order valence-electron chi connectivity index (χ1n) is 10.0. The van der Waals surface area contributed by atoms with Gasteiger partial charge in [-0.2, -0.15) is 0 Å². The van der Waals surface area contributed by atoms with Crippen LogP contribution >= 0.6 is 11.6 Å². The van der Waals surface area contributed by atoms with Gasteiger partial charge < -0.3 is 9.32 Å². The summed E-state index contributed by atoms with van der Waals surface area (Å²) in [5.74, 6) is 3.38. The Bertz CT molecular complexity index is 847. The zero-order chi connectivity index (χ0) is 18.4. The molecule has 1 aromatic heterocycles. The Balaban J connectivity index is 1.28. The van der Waals surface area contributed by atoms with E-state index in [9.17, 15) is 4.79 Å². The van der Waals surface area contributed by atoms with Crippen LogP contribution in [0.3, 0.4) is 0 Å². The van der Waals surface area contributed by atoms with Gasteiger partial charge >= 0.3 is 0 Å². The summed E-state index contributed by atoms with van der Waals surface area (Å²) < 4.78 is 5.83. The number of carbonyl (C=O) groups is 1. The highest BCUT2D eigenvalue weighted by atomic mass is 35.5. The lowest BCUT2D eigenvalue weighted by atomic mass is 9.86. The van der Waals surface area contributed by atoms with Gasteiger partial charge in [0.15, 0.2) is 0 Å². The van der Waals surface area contributed by atoms with Crippen LogP contribution in [0.15, 0.2) is 28.7 Å². The first-order chi connectivity index (χ1) is 13.2. The van der Waals surface area contributed by atoms with Crippen molar-refractivity contribution >= 4 is 17.5 Å². The lowest BCUT2D eigenvalue weighted by molar-refractivity contribution is -0.134. The van der Waals surface area contributed by atoms with Crippen LogP contribution in [0.4, 0.5) is 0 Å². The van der Waals surface area contributed by atoms with Gasteiger partial charge in [0.05, 0.1) is 17.1 Å².